The predicted molar refractivity (Wildman–Crippen MR) is 96.0 cm³/mol. The lowest BCUT2D eigenvalue weighted by molar-refractivity contribution is 0.0719. The van der Waals surface area contributed by atoms with Crippen molar-refractivity contribution in [1.82, 2.24) is 14.9 Å². The number of amides is 1. The zero-order chi connectivity index (χ0) is 17.3. The minimum atomic E-state index is 0.0127. The first kappa shape index (κ1) is 16.8. The van der Waals surface area contributed by atoms with E-state index in [4.69, 9.17) is 15.7 Å². The average Bonchev–Trinajstić information content (AvgIpc) is 3.44. The van der Waals surface area contributed by atoms with Gasteiger partial charge >= 0.3 is 0 Å². The van der Waals surface area contributed by atoms with Gasteiger partial charge in [0.2, 0.25) is 0 Å². The lowest BCUT2D eigenvalue weighted by atomic mass is 10.1. The Morgan fingerprint density at radius 2 is 1.83 bits per heavy atom. The third kappa shape index (κ3) is 3.13. The molecule has 0 spiro atoms. The fraction of sp³-hybridized carbons (Fsp3) is 0.526. The van der Waals surface area contributed by atoms with Crippen molar-refractivity contribution in [2.24, 2.45) is 11.7 Å². The van der Waals surface area contributed by atoms with E-state index in [2.05, 4.69) is 13.8 Å². The smallest absolute Gasteiger partial charge is 0.253 e. The van der Waals surface area contributed by atoms with Crippen LogP contribution in [0.1, 0.15) is 48.4 Å². The summed E-state index contributed by atoms with van der Waals surface area (Å²) in [5.41, 5.74) is 10.2. The zero-order valence-electron chi connectivity index (χ0n) is 14.7. The Labute approximate surface area is 143 Å². The van der Waals surface area contributed by atoms with Gasteiger partial charge in [0.15, 0.2) is 0 Å². The van der Waals surface area contributed by atoms with E-state index in [-0.39, 0.29) is 11.9 Å². The fourth-order valence-electron chi connectivity index (χ4n) is 3.33. The van der Waals surface area contributed by atoms with E-state index >= 15 is 0 Å². The number of likely N-dealkylation sites (N-methyl/N-ethyl adjacent to an activating group) is 1. The van der Waals surface area contributed by atoms with Crippen molar-refractivity contribution in [3.05, 3.63) is 35.2 Å². The van der Waals surface area contributed by atoms with E-state index in [0.717, 1.165) is 35.3 Å². The summed E-state index contributed by atoms with van der Waals surface area (Å²) in [5.74, 6) is 0.571. The van der Waals surface area contributed by atoms with Crippen molar-refractivity contribution >= 4 is 16.9 Å². The Balaban J connectivity index is 1.93. The van der Waals surface area contributed by atoms with Gasteiger partial charge in [0, 0.05) is 25.2 Å². The van der Waals surface area contributed by atoms with Gasteiger partial charge in [-0.05, 0) is 49.8 Å². The lowest BCUT2D eigenvalue weighted by Crippen LogP contribution is -2.43. The number of aromatic nitrogens is 2. The minimum absolute atomic E-state index is 0.0127. The molecule has 1 aliphatic rings. The first-order chi connectivity index (χ1) is 11.6. The molecule has 1 fully saturated rings. The number of benzene rings is 1. The molecule has 1 amide bonds. The van der Waals surface area contributed by atoms with Crippen molar-refractivity contribution < 1.29 is 4.79 Å². The summed E-state index contributed by atoms with van der Waals surface area (Å²) in [7, 11) is 1.85. The van der Waals surface area contributed by atoms with Crippen molar-refractivity contribution in [1.29, 1.82) is 0 Å². The number of fused-ring (bicyclic) bond motifs is 1. The molecule has 128 valence electrons. The average molecular weight is 326 g/mol. The summed E-state index contributed by atoms with van der Waals surface area (Å²) >= 11 is 0. The van der Waals surface area contributed by atoms with Crippen LogP contribution in [0.5, 0.6) is 0 Å². The highest BCUT2D eigenvalue weighted by atomic mass is 16.2. The van der Waals surface area contributed by atoms with Gasteiger partial charge in [0.1, 0.15) is 0 Å². The summed E-state index contributed by atoms with van der Waals surface area (Å²) in [6.45, 7) is 4.69. The SMILES string of the molecule is CCc1nc2ccc(C(=O)N(C)C(CN)C3CC3)cc2nc1CC. The maximum atomic E-state index is 12.8. The van der Waals surface area contributed by atoms with Crippen LogP contribution in [0.3, 0.4) is 0 Å². The van der Waals surface area contributed by atoms with Crippen LogP contribution in [0.2, 0.25) is 0 Å². The first-order valence-electron chi connectivity index (χ1n) is 8.85. The summed E-state index contributed by atoms with van der Waals surface area (Å²) in [6.07, 6.45) is 4.06. The third-order valence-corrected chi connectivity index (χ3v) is 4.96. The second-order valence-corrected chi connectivity index (χ2v) is 6.58. The standard InChI is InChI=1S/C19H26N4O/c1-4-14-15(5-2)22-17-10-13(8-9-16(17)21-14)19(24)23(3)18(11-20)12-6-7-12/h8-10,12,18H,4-7,11,20H2,1-3H3. The fourth-order valence-corrected chi connectivity index (χ4v) is 3.33. The molecule has 5 heteroatoms. The molecule has 1 heterocycles. The van der Waals surface area contributed by atoms with Gasteiger partial charge in [0.05, 0.1) is 22.4 Å². The molecule has 0 aliphatic heterocycles. The van der Waals surface area contributed by atoms with Crippen LogP contribution >= 0.6 is 0 Å². The highest BCUT2D eigenvalue weighted by Crippen LogP contribution is 2.35. The number of hydrogen-bond donors (Lipinski definition) is 1. The molecule has 1 unspecified atom stereocenters. The number of nitrogens with zero attached hydrogens (tertiary/aromatic N) is 3. The van der Waals surface area contributed by atoms with E-state index in [1.54, 1.807) is 4.90 Å². The molecule has 2 aromatic rings. The van der Waals surface area contributed by atoms with Crippen molar-refractivity contribution in [3.63, 3.8) is 0 Å². The minimum Gasteiger partial charge on any atom is -0.337 e. The second kappa shape index (κ2) is 6.85. The topological polar surface area (TPSA) is 72.1 Å². The molecule has 24 heavy (non-hydrogen) atoms. The molecular formula is C19H26N4O. The first-order valence-corrected chi connectivity index (χ1v) is 8.85. The molecule has 1 saturated carbocycles. The highest BCUT2D eigenvalue weighted by Gasteiger charge is 2.35. The normalized spacial score (nSPS) is 15.5. The number of nitrogens with two attached hydrogens (primary N) is 1. The Bertz CT molecular complexity index is 754. The Morgan fingerprint density at radius 3 is 2.38 bits per heavy atom. The van der Waals surface area contributed by atoms with Crippen LogP contribution < -0.4 is 5.73 Å². The van der Waals surface area contributed by atoms with Crippen molar-refractivity contribution in [3.8, 4) is 0 Å². The van der Waals surface area contributed by atoms with Gasteiger partial charge in [-0.15, -0.1) is 0 Å². The van der Waals surface area contributed by atoms with Crippen LogP contribution in [0.4, 0.5) is 0 Å². The Hall–Kier alpha value is -2.01. The molecule has 5 nitrogen and oxygen atoms in total. The number of aryl methyl sites for hydroxylation is 2. The van der Waals surface area contributed by atoms with E-state index < -0.39 is 0 Å². The van der Waals surface area contributed by atoms with Crippen LogP contribution in [0, 0.1) is 5.92 Å². The number of hydrogen-bond acceptors (Lipinski definition) is 4. The highest BCUT2D eigenvalue weighted by molar-refractivity contribution is 5.97. The maximum absolute atomic E-state index is 12.8. The van der Waals surface area contributed by atoms with E-state index in [1.807, 2.05) is 25.2 Å². The van der Waals surface area contributed by atoms with Crippen LogP contribution in [-0.4, -0.2) is 40.4 Å². The predicted octanol–water partition coefficient (Wildman–Crippen LogP) is 2.56. The maximum Gasteiger partial charge on any atom is 0.253 e. The Kier molecular flexibility index (Phi) is 4.81. The van der Waals surface area contributed by atoms with Crippen molar-refractivity contribution in [2.75, 3.05) is 13.6 Å². The largest absolute Gasteiger partial charge is 0.337 e. The quantitative estimate of drug-likeness (QED) is 0.885. The Morgan fingerprint density at radius 1 is 1.21 bits per heavy atom. The molecule has 1 aromatic carbocycles. The summed E-state index contributed by atoms with van der Waals surface area (Å²) in [4.78, 5) is 24.0. The third-order valence-electron chi connectivity index (χ3n) is 4.96. The number of carbonyl (C=O) groups is 1. The zero-order valence-corrected chi connectivity index (χ0v) is 14.7. The van der Waals surface area contributed by atoms with Gasteiger partial charge in [-0.25, -0.2) is 9.97 Å². The summed E-state index contributed by atoms with van der Waals surface area (Å²) in [5, 5.41) is 0. The molecule has 0 bridgehead atoms. The molecule has 1 aromatic heterocycles. The summed E-state index contributed by atoms with van der Waals surface area (Å²) in [6, 6.07) is 5.74. The van der Waals surface area contributed by atoms with E-state index in [0.29, 0.717) is 18.0 Å². The molecule has 3 rings (SSSR count). The molecule has 1 atom stereocenters. The molecular weight excluding hydrogens is 300 g/mol. The van der Waals surface area contributed by atoms with Crippen molar-refractivity contribution in [2.45, 2.75) is 45.6 Å². The molecule has 0 saturated heterocycles. The molecule has 1 aliphatic carbocycles. The van der Waals surface area contributed by atoms with Gasteiger partial charge in [-0.2, -0.15) is 0 Å². The van der Waals surface area contributed by atoms with Gasteiger partial charge in [-0.1, -0.05) is 13.8 Å². The lowest BCUT2D eigenvalue weighted by Gasteiger charge is -2.27. The van der Waals surface area contributed by atoms with Crippen LogP contribution in [0.25, 0.3) is 11.0 Å². The van der Waals surface area contributed by atoms with E-state index in [1.165, 1.54) is 12.8 Å². The monoisotopic (exact) mass is 326 g/mol. The molecule has 0 radical (unpaired) electrons. The van der Waals surface area contributed by atoms with E-state index in [9.17, 15) is 4.79 Å². The number of rotatable bonds is 6. The van der Waals surface area contributed by atoms with Crippen LogP contribution in [-0.2, 0) is 12.8 Å². The molecule has 2 N–H and O–H groups in total. The van der Waals surface area contributed by atoms with Crippen LogP contribution in [0.15, 0.2) is 18.2 Å². The number of carbonyl (C=O) groups excluding carboxylic acids is 1. The van der Waals surface area contributed by atoms with Gasteiger partial charge in [-0.3, -0.25) is 4.79 Å². The summed E-state index contributed by atoms with van der Waals surface area (Å²) < 4.78 is 0. The van der Waals surface area contributed by atoms with Gasteiger partial charge in [0.25, 0.3) is 5.91 Å². The second-order valence-electron chi connectivity index (χ2n) is 6.58. The van der Waals surface area contributed by atoms with Gasteiger partial charge < -0.3 is 10.6 Å².